The number of aromatic nitrogens is 3. The second-order valence-electron chi connectivity index (χ2n) is 6.50. The lowest BCUT2D eigenvalue weighted by Crippen LogP contribution is -2.12. The second kappa shape index (κ2) is 7.55. The van der Waals surface area contributed by atoms with Gasteiger partial charge >= 0.3 is 5.97 Å². The molecule has 0 aliphatic carbocycles. The summed E-state index contributed by atoms with van der Waals surface area (Å²) in [7, 11) is 0. The molecule has 0 atom stereocenters. The Labute approximate surface area is 167 Å². The van der Waals surface area contributed by atoms with Gasteiger partial charge in [-0.2, -0.15) is 5.10 Å². The van der Waals surface area contributed by atoms with E-state index >= 15 is 0 Å². The smallest absolute Gasteiger partial charge is 0.308 e. The van der Waals surface area contributed by atoms with Crippen molar-refractivity contribution in [2.24, 2.45) is 0 Å². The molecule has 29 heavy (non-hydrogen) atoms. The van der Waals surface area contributed by atoms with Crippen LogP contribution in [-0.4, -0.2) is 26.6 Å². The predicted molar refractivity (Wildman–Crippen MR) is 109 cm³/mol. The van der Waals surface area contributed by atoms with Crippen molar-refractivity contribution < 1.29 is 14.3 Å². The molecule has 1 amide bonds. The lowest BCUT2D eigenvalue weighted by Gasteiger charge is -2.07. The van der Waals surface area contributed by atoms with E-state index in [-0.39, 0.29) is 5.91 Å². The minimum Gasteiger partial charge on any atom is -0.427 e. The quantitative estimate of drug-likeness (QED) is 0.425. The SMILES string of the molecule is CC(=O)Oc1ccc(C(=O)Nc2cnc3c(c2)c(C)nn3-c2ccccc2)cc1. The Morgan fingerprint density at radius 3 is 2.45 bits per heavy atom. The molecule has 0 bridgehead atoms. The first-order chi connectivity index (χ1) is 14.0. The van der Waals surface area contributed by atoms with Gasteiger partial charge in [-0.15, -0.1) is 0 Å². The molecule has 0 saturated heterocycles. The first kappa shape index (κ1) is 18.4. The number of carbonyl (C=O) groups excluding carboxylic acids is 2. The number of hydrogen-bond acceptors (Lipinski definition) is 5. The number of nitrogens with one attached hydrogen (secondary N) is 1. The van der Waals surface area contributed by atoms with Crippen LogP contribution in [-0.2, 0) is 4.79 Å². The van der Waals surface area contributed by atoms with Crippen LogP contribution in [0, 0.1) is 6.92 Å². The largest absolute Gasteiger partial charge is 0.427 e. The molecule has 4 rings (SSSR count). The Morgan fingerprint density at radius 2 is 1.76 bits per heavy atom. The van der Waals surface area contributed by atoms with Gasteiger partial charge in [-0.3, -0.25) is 9.59 Å². The number of esters is 1. The summed E-state index contributed by atoms with van der Waals surface area (Å²) in [6.45, 7) is 3.23. The Morgan fingerprint density at radius 1 is 1.03 bits per heavy atom. The molecular weight excluding hydrogens is 368 g/mol. The van der Waals surface area contributed by atoms with E-state index < -0.39 is 5.97 Å². The Balaban J connectivity index is 1.58. The molecule has 0 radical (unpaired) electrons. The van der Waals surface area contributed by atoms with Gasteiger partial charge in [0.1, 0.15) is 5.75 Å². The molecule has 2 heterocycles. The Bertz CT molecular complexity index is 1200. The zero-order valence-corrected chi connectivity index (χ0v) is 15.9. The van der Waals surface area contributed by atoms with Gasteiger partial charge in [0.05, 0.1) is 23.3 Å². The van der Waals surface area contributed by atoms with E-state index in [1.807, 2.05) is 43.3 Å². The van der Waals surface area contributed by atoms with E-state index in [0.29, 0.717) is 17.0 Å². The number of hydrogen-bond donors (Lipinski definition) is 1. The van der Waals surface area contributed by atoms with E-state index in [1.54, 1.807) is 35.1 Å². The van der Waals surface area contributed by atoms with E-state index in [2.05, 4.69) is 15.4 Å². The number of amides is 1. The van der Waals surface area contributed by atoms with Gasteiger partial charge in [0.15, 0.2) is 5.65 Å². The van der Waals surface area contributed by atoms with E-state index in [4.69, 9.17) is 4.74 Å². The summed E-state index contributed by atoms with van der Waals surface area (Å²) in [4.78, 5) is 28.0. The standard InChI is InChI=1S/C22H18N4O3/c1-14-20-12-17(13-23-21(20)26(25-14)18-6-4-3-5-7-18)24-22(28)16-8-10-19(11-9-16)29-15(2)27/h3-13H,1-2H3,(H,24,28). The van der Waals surface area contributed by atoms with Crippen LogP contribution in [0.5, 0.6) is 5.75 Å². The number of anilines is 1. The molecule has 144 valence electrons. The van der Waals surface area contributed by atoms with Crippen LogP contribution >= 0.6 is 0 Å². The van der Waals surface area contributed by atoms with Crippen LogP contribution < -0.4 is 10.1 Å². The molecule has 0 unspecified atom stereocenters. The summed E-state index contributed by atoms with van der Waals surface area (Å²) in [5, 5.41) is 8.27. The summed E-state index contributed by atoms with van der Waals surface area (Å²) in [5.41, 5.74) is 3.47. The molecule has 0 aliphatic rings. The minimum atomic E-state index is -0.409. The van der Waals surface area contributed by atoms with Crippen LogP contribution in [0.4, 0.5) is 5.69 Å². The topological polar surface area (TPSA) is 86.1 Å². The predicted octanol–water partition coefficient (Wildman–Crippen LogP) is 3.91. The second-order valence-corrected chi connectivity index (χ2v) is 6.50. The summed E-state index contributed by atoms with van der Waals surface area (Å²) in [6, 6.07) is 18.0. The highest BCUT2D eigenvalue weighted by molar-refractivity contribution is 6.05. The maximum atomic E-state index is 12.5. The zero-order valence-electron chi connectivity index (χ0n) is 15.9. The van der Waals surface area contributed by atoms with Crippen molar-refractivity contribution in [2.45, 2.75) is 13.8 Å². The van der Waals surface area contributed by atoms with Crippen molar-refractivity contribution in [1.82, 2.24) is 14.8 Å². The van der Waals surface area contributed by atoms with Crippen LogP contribution in [0.25, 0.3) is 16.7 Å². The highest BCUT2D eigenvalue weighted by Crippen LogP contribution is 2.23. The van der Waals surface area contributed by atoms with Crippen molar-refractivity contribution in [1.29, 1.82) is 0 Å². The van der Waals surface area contributed by atoms with Crippen molar-refractivity contribution in [3.05, 3.63) is 78.1 Å². The number of para-hydroxylation sites is 1. The summed E-state index contributed by atoms with van der Waals surface area (Å²) in [5.74, 6) is -0.303. The number of benzene rings is 2. The van der Waals surface area contributed by atoms with Gasteiger partial charge in [-0.05, 0) is 49.4 Å². The van der Waals surface area contributed by atoms with Crippen molar-refractivity contribution >= 4 is 28.6 Å². The summed E-state index contributed by atoms with van der Waals surface area (Å²) < 4.78 is 6.76. The van der Waals surface area contributed by atoms with E-state index in [0.717, 1.165) is 22.4 Å². The maximum Gasteiger partial charge on any atom is 0.308 e. The average Bonchev–Trinajstić information content (AvgIpc) is 3.05. The number of rotatable bonds is 4. The molecule has 0 saturated carbocycles. The molecule has 2 aromatic heterocycles. The number of pyridine rings is 1. The summed E-state index contributed by atoms with van der Waals surface area (Å²) >= 11 is 0. The fourth-order valence-electron chi connectivity index (χ4n) is 3.00. The van der Waals surface area contributed by atoms with Crippen LogP contribution in [0.3, 0.4) is 0 Å². The maximum absolute atomic E-state index is 12.5. The molecule has 1 N–H and O–H groups in total. The van der Waals surface area contributed by atoms with Crippen LogP contribution in [0.15, 0.2) is 66.9 Å². The third-order valence-electron chi connectivity index (χ3n) is 4.34. The lowest BCUT2D eigenvalue weighted by molar-refractivity contribution is -0.131. The minimum absolute atomic E-state index is 0.284. The fraction of sp³-hybridized carbons (Fsp3) is 0.0909. The van der Waals surface area contributed by atoms with E-state index in [9.17, 15) is 9.59 Å². The third kappa shape index (κ3) is 3.84. The first-order valence-corrected chi connectivity index (χ1v) is 9.02. The van der Waals surface area contributed by atoms with Crippen LogP contribution in [0.1, 0.15) is 23.0 Å². The Kier molecular flexibility index (Phi) is 4.78. The van der Waals surface area contributed by atoms with E-state index in [1.165, 1.54) is 6.92 Å². The monoisotopic (exact) mass is 386 g/mol. The molecule has 4 aromatic rings. The molecule has 7 nitrogen and oxygen atoms in total. The van der Waals surface area contributed by atoms with Crippen molar-refractivity contribution in [2.75, 3.05) is 5.32 Å². The number of nitrogens with zero attached hydrogens (tertiary/aromatic N) is 3. The normalized spacial score (nSPS) is 10.7. The van der Waals surface area contributed by atoms with Gasteiger partial charge in [0.25, 0.3) is 5.91 Å². The summed E-state index contributed by atoms with van der Waals surface area (Å²) in [6.07, 6.45) is 1.61. The molecular formula is C22H18N4O3. The lowest BCUT2D eigenvalue weighted by atomic mass is 10.2. The van der Waals surface area contributed by atoms with Gasteiger partial charge < -0.3 is 10.1 Å². The molecule has 0 aliphatic heterocycles. The van der Waals surface area contributed by atoms with Gasteiger partial charge in [-0.1, -0.05) is 18.2 Å². The number of carbonyl (C=O) groups is 2. The molecule has 0 spiro atoms. The van der Waals surface area contributed by atoms with Gasteiger partial charge in [0, 0.05) is 17.9 Å². The highest BCUT2D eigenvalue weighted by Gasteiger charge is 2.13. The first-order valence-electron chi connectivity index (χ1n) is 9.02. The van der Waals surface area contributed by atoms with Crippen molar-refractivity contribution in [3.63, 3.8) is 0 Å². The van der Waals surface area contributed by atoms with Crippen molar-refractivity contribution in [3.8, 4) is 11.4 Å². The molecule has 7 heteroatoms. The average molecular weight is 386 g/mol. The fourth-order valence-corrected chi connectivity index (χ4v) is 3.00. The number of ether oxygens (including phenoxy) is 1. The molecule has 2 aromatic carbocycles. The highest BCUT2D eigenvalue weighted by atomic mass is 16.5. The Hall–Kier alpha value is -4.00. The molecule has 0 fully saturated rings. The number of fused-ring (bicyclic) bond motifs is 1. The number of aryl methyl sites for hydroxylation is 1. The zero-order chi connectivity index (χ0) is 20.4. The third-order valence-corrected chi connectivity index (χ3v) is 4.34. The van der Waals surface area contributed by atoms with Gasteiger partial charge in [0.2, 0.25) is 0 Å². The van der Waals surface area contributed by atoms with Crippen LogP contribution in [0.2, 0.25) is 0 Å². The van der Waals surface area contributed by atoms with Gasteiger partial charge in [-0.25, -0.2) is 9.67 Å².